The van der Waals surface area contributed by atoms with Crippen LogP contribution in [0.15, 0.2) is 71.5 Å². The largest absolute Gasteiger partial charge is 0.484 e. The SMILES string of the molecule is COc1ccc([C@@H](Oc2ccc3c(cnn3-c3cccc(Br)c3)c2)[C@H](C)N)cn1. The van der Waals surface area contributed by atoms with Crippen LogP contribution in [0.5, 0.6) is 11.6 Å². The second kappa shape index (κ2) is 8.23. The van der Waals surface area contributed by atoms with Crippen LogP contribution >= 0.6 is 15.9 Å². The maximum Gasteiger partial charge on any atom is 0.212 e. The molecule has 29 heavy (non-hydrogen) atoms. The molecule has 7 heteroatoms. The van der Waals surface area contributed by atoms with Crippen LogP contribution in [0.1, 0.15) is 18.6 Å². The van der Waals surface area contributed by atoms with Gasteiger partial charge in [0.15, 0.2) is 0 Å². The Kier molecular flexibility index (Phi) is 5.51. The molecule has 0 aliphatic carbocycles. The highest BCUT2D eigenvalue weighted by Crippen LogP contribution is 2.29. The Labute approximate surface area is 177 Å². The van der Waals surface area contributed by atoms with Crippen molar-refractivity contribution in [2.75, 3.05) is 7.11 Å². The average molecular weight is 453 g/mol. The van der Waals surface area contributed by atoms with E-state index in [0.29, 0.717) is 5.88 Å². The summed E-state index contributed by atoms with van der Waals surface area (Å²) in [7, 11) is 1.59. The first-order valence-electron chi connectivity index (χ1n) is 9.21. The van der Waals surface area contributed by atoms with E-state index in [4.69, 9.17) is 15.2 Å². The number of ether oxygens (including phenoxy) is 2. The minimum Gasteiger partial charge on any atom is -0.484 e. The fourth-order valence-corrected chi connectivity index (χ4v) is 3.59. The van der Waals surface area contributed by atoms with Crippen molar-refractivity contribution in [2.45, 2.75) is 19.1 Å². The van der Waals surface area contributed by atoms with E-state index >= 15 is 0 Å². The molecular formula is C22H21BrN4O2. The molecule has 148 valence electrons. The van der Waals surface area contributed by atoms with E-state index in [1.807, 2.05) is 66.3 Å². The summed E-state index contributed by atoms with van der Waals surface area (Å²) in [6.45, 7) is 1.92. The lowest BCUT2D eigenvalue weighted by Crippen LogP contribution is -2.29. The van der Waals surface area contributed by atoms with Crippen molar-refractivity contribution in [3.8, 4) is 17.3 Å². The van der Waals surface area contributed by atoms with Crippen LogP contribution in [0.3, 0.4) is 0 Å². The number of benzene rings is 2. The Morgan fingerprint density at radius 1 is 1.07 bits per heavy atom. The lowest BCUT2D eigenvalue weighted by molar-refractivity contribution is 0.180. The van der Waals surface area contributed by atoms with E-state index in [0.717, 1.165) is 32.4 Å². The van der Waals surface area contributed by atoms with Crippen LogP contribution in [-0.2, 0) is 0 Å². The van der Waals surface area contributed by atoms with Crippen molar-refractivity contribution < 1.29 is 9.47 Å². The smallest absolute Gasteiger partial charge is 0.212 e. The number of rotatable bonds is 6. The second-order valence-corrected chi connectivity index (χ2v) is 7.70. The lowest BCUT2D eigenvalue weighted by Gasteiger charge is -2.23. The third-order valence-electron chi connectivity index (χ3n) is 4.63. The number of fused-ring (bicyclic) bond motifs is 1. The molecule has 2 N–H and O–H groups in total. The Balaban J connectivity index is 1.63. The van der Waals surface area contributed by atoms with Crippen LogP contribution in [0, 0.1) is 0 Å². The molecule has 0 radical (unpaired) electrons. The zero-order valence-electron chi connectivity index (χ0n) is 16.1. The number of nitrogens with two attached hydrogens (primary N) is 1. The first-order chi connectivity index (χ1) is 14.0. The summed E-state index contributed by atoms with van der Waals surface area (Å²) in [5, 5.41) is 5.52. The van der Waals surface area contributed by atoms with Crippen molar-refractivity contribution in [1.29, 1.82) is 0 Å². The number of hydrogen-bond donors (Lipinski definition) is 1. The van der Waals surface area contributed by atoms with Crippen molar-refractivity contribution in [3.63, 3.8) is 0 Å². The molecule has 0 unspecified atom stereocenters. The summed E-state index contributed by atoms with van der Waals surface area (Å²) in [5.41, 5.74) is 9.07. The first-order valence-corrected chi connectivity index (χ1v) is 10.0. The number of aromatic nitrogens is 3. The normalized spacial score (nSPS) is 13.2. The predicted molar refractivity (Wildman–Crippen MR) is 117 cm³/mol. The fourth-order valence-electron chi connectivity index (χ4n) is 3.20. The van der Waals surface area contributed by atoms with Crippen molar-refractivity contribution in [3.05, 3.63) is 77.0 Å². The zero-order chi connectivity index (χ0) is 20.4. The summed E-state index contributed by atoms with van der Waals surface area (Å²) in [4.78, 5) is 4.26. The first kappa shape index (κ1) is 19.4. The summed E-state index contributed by atoms with van der Waals surface area (Å²) >= 11 is 3.51. The standard InChI is InChI=1S/C22H21BrN4O2/c1-14(24)22(15-6-9-21(28-2)25-12-15)29-19-7-8-20-16(10-19)13-26-27(20)18-5-3-4-17(23)11-18/h3-14,22H,24H2,1-2H3/t14-,22-/m0/s1. The monoisotopic (exact) mass is 452 g/mol. The van der Waals surface area contributed by atoms with Gasteiger partial charge >= 0.3 is 0 Å². The van der Waals surface area contributed by atoms with Gasteiger partial charge in [-0.25, -0.2) is 9.67 Å². The molecule has 2 atom stereocenters. The Morgan fingerprint density at radius 2 is 1.93 bits per heavy atom. The van der Waals surface area contributed by atoms with Crippen LogP contribution in [-0.4, -0.2) is 27.9 Å². The summed E-state index contributed by atoms with van der Waals surface area (Å²) < 4.78 is 14.3. The van der Waals surface area contributed by atoms with E-state index in [1.54, 1.807) is 19.4 Å². The Hall–Kier alpha value is -2.90. The number of nitrogens with zero attached hydrogens (tertiary/aromatic N) is 3. The van der Waals surface area contributed by atoms with Crippen LogP contribution in [0.2, 0.25) is 0 Å². The highest BCUT2D eigenvalue weighted by molar-refractivity contribution is 9.10. The highest BCUT2D eigenvalue weighted by Gasteiger charge is 2.19. The Morgan fingerprint density at radius 3 is 2.62 bits per heavy atom. The van der Waals surface area contributed by atoms with Gasteiger partial charge in [-0.05, 0) is 49.4 Å². The van der Waals surface area contributed by atoms with Crippen LogP contribution in [0.4, 0.5) is 0 Å². The number of pyridine rings is 1. The van der Waals surface area contributed by atoms with E-state index in [2.05, 4.69) is 26.0 Å². The lowest BCUT2D eigenvalue weighted by atomic mass is 10.1. The molecule has 4 aromatic rings. The third-order valence-corrected chi connectivity index (χ3v) is 5.12. The van der Waals surface area contributed by atoms with E-state index < -0.39 is 0 Å². The van der Waals surface area contributed by atoms with Gasteiger partial charge in [0.05, 0.1) is 24.5 Å². The van der Waals surface area contributed by atoms with Gasteiger partial charge in [0.1, 0.15) is 11.9 Å². The molecule has 0 aliphatic heterocycles. The fraction of sp³-hybridized carbons (Fsp3) is 0.182. The summed E-state index contributed by atoms with van der Waals surface area (Å²) in [6.07, 6.45) is 3.24. The molecule has 6 nitrogen and oxygen atoms in total. The minimum atomic E-state index is -0.328. The van der Waals surface area contributed by atoms with Gasteiger partial charge < -0.3 is 15.2 Å². The number of methoxy groups -OCH3 is 1. The number of halogens is 1. The molecular weight excluding hydrogens is 432 g/mol. The molecule has 0 aliphatic rings. The molecule has 2 aromatic carbocycles. The van der Waals surface area contributed by atoms with Gasteiger partial charge in [-0.1, -0.05) is 22.0 Å². The molecule has 2 heterocycles. The maximum absolute atomic E-state index is 6.23. The van der Waals surface area contributed by atoms with Gasteiger partial charge in [-0.2, -0.15) is 5.10 Å². The van der Waals surface area contributed by atoms with Crippen LogP contribution < -0.4 is 15.2 Å². The molecule has 4 rings (SSSR count). The average Bonchev–Trinajstić information content (AvgIpc) is 3.15. The van der Waals surface area contributed by atoms with Gasteiger partial charge in [0.2, 0.25) is 5.88 Å². The van der Waals surface area contributed by atoms with Gasteiger partial charge in [0, 0.05) is 33.7 Å². The summed E-state index contributed by atoms with van der Waals surface area (Å²) in [6, 6.07) is 17.4. The molecule has 0 spiro atoms. The maximum atomic E-state index is 6.23. The van der Waals surface area contributed by atoms with Crippen molar-refractivity contribution in [1.82, 2.24) is 14.8 Å². The number of hydrogen-bond acceptors (Lipinski definition) is 5. The summed E-state index contributed by atoms with van der Waals surface area (Å²) in [5.74, 6) is 1.28. The molecule has 0 amide bonds. The van der Waals surface area contributed by atoms with Crippen LogP contribution in [0.25, 0.3) is 16.6 Å². The van der Waals surface area contributed by atoms with Gasteiger partial charge in [0.25, 0.3) is 0 Å². The highest BCUT2D eigenvalue weighted by atomic mass is 79.9. The molecule has 0 saturated carbocycles. The molecule has 0 bridgehead atoms. The molecule has 0 saturated heterocycles. The van der Waals surface area contributed by atoms with Gasteiger partial charge in [-0.3, -0.25) is 0 Å². The topological polar surface area (TPSA) is 75.2 Å². The molecule has 2 aromatic heterocycles. The van der Waals surface area contributed by atoms with E-state index in [9.17, 15) is 0 Å². The van der Waals surface area contributed by atoms with Crippen molar-refractivity contribution in [2.24, 2.45) is 5.73 Å². The minimum absolute atomic E-state index is 0.217. The van der Waals surface area contributed by atoms with E-state index in [-0.39, 0.29) is 12.1 Å². The zero-order valence-corrected chi connectivity index (χ0v) is 17.7. The second-order valence-electron chi connectivity index (χ2n) is 6.79. The van der Waals surface area contributed by atoms with E-state index in [1.165, 1.54) is 0 Å². The van der Waals surface area contributed by atoms with Gasteiger partial charge in [-0.15, -0.1) is 0 Å². The Bertz CT molecular complexity index is 1130. The quantitative estimate of drug-likeness (QED) is 0.460. The predicted octanol–water partition coefficient (Wildman–Crippen LogP) is 4.66. The molecule has 0 fully saturated rings. The third kappa shape index (κ3) is 4.11. The van der Waals surface area contributed by atoms with Crippen molar-refractivity contribution >= 4 is 26.8 Å².